The SMILES string of the molecule is CCOc1nc(C(=O)NCC2CCN(Cc3cnc(-c4nccs4)s3)CC2)cc(N)c1C#N. The van der Waals surface area contributed by atoms with E-state index in [0.29, 0.717) is 19.1 Å². The van der Waals surface area contributed by atoms with Crippen molar-refractivity contribution in [3.8, 4) is 22.0 Å². The summed E-state index contributed by atoms with van der Waals surface area (Å²) in [5, 5.41) is 16.1. The number of pyridine rings is 1. The van der Waals surface area contributed by atoms with Gasteiger partial charge in [-0.05, 0) is 44.8 Å². The minimum atomic E-state index is -0.311. The second kappa shape index (κ2) is 10.7. The van der Waals surface area contributed by atoms with Crippen molar-refractivity contribution in [1.82, 2.24) is 25.2 Å². The van der Waals surface area contributed by atoms with Crippen molar-refractivity contribution in [2.45, 2.75) is 26.3 Å². The fraction of sp³-hybridized carbons (Fsp3) is 0.409. The van der Waals surface area contributed by atoms with Gasteiger partial charge in [-0.3, -0.25) is 9.69 Å². The van der Waals surface area contributed by atoms with Gasteiger partial charge in [0.25, 0.3) is 5.91 Å². The van der Waals surface area contributed by atoms with Gasteiger partial charge >= 0.3 is 0 Å². The lowest BCUT2D eigenvalue weighted by atomic mass is 9.96. The number of amides is 1. The maximum atomic E-state index is 12.6. The fourth-order valence-electron chi connectivity index (χ4n) is 3.72. The normalized spacial score (nSPS) is 14.7. The summed E-state index contributed by atoms with van der Waals surface area (Å²) >= 11 is 3.30. The van der Waals surface area contributed by atoms with Crippen molar-refractivity contribution in [2.24, 2.45) is 5.92 Å². The molecule has 4 heterocycles. The number of piperidine rings is 1. The summed E-state index contributed by atoms with van der Waals surface area (Å²) in [7, 11) is 0. The molecule has 0 spiro atoms. The second-order valence-corrected chi connectivity index (χ2v) is 9.73. The number of likely N-dealkylation sites (tertiary alicyclic amines) is 1. The molecule has 0 atom stereocenters. The van der Waals surface area contributed by atoms with E-state index in [-0.39, 0.29) is 28.7 Å². The standard InChI is InChI=1S/C22H25N7O2S2/c1-2-31-20-16(10-23)17(24)9-18(28-20)19(30)26-11-14-3-6-29(7-4-14)13-15-12-27-22(33-15)21-25-5-8-32-21/h5,8-9,12,14H,2-4,6-7,11,13H2,1H3,(H2,24,28)(H,26,30). The van der Waals surface area contributed by atoms with E-state index in [9.17, 15) is 10.1 Å². The van der Waals surface area contributed by atoms with E-state index in [1.54, 1.807) is 35.8 Å². The van der Waals surface area contributed by atoms with E-state index in [1.165, 1.54) is 10.9 Å². The highest BCUT2D eigenvalue weighted by Gasteiger charge is 2.22. The Balaban J connectivity index is 1.26. The van der Waals surface area contributed by atoms with Gasteiger partial charge in [0.2, 0.25) is 5.88 Å². The molecular weight excluding hydrogens is 458 g/mol. The molecule has 0 saturated carbocycles. The molecular formula is C22H25N7O2S2. The lowest BCUT2D eigenvalue weighted by molar-refractivity contribution is 0.0929. The van der Waals surface area contributed by atoms with Crippen molar-refractivity contribution in [3.63, 3.8) is 0 Å². The molecule has 0 aromatic carbocycles. The number of nitrogens with one attached hydrogen (secondary N) is 1. The molecule has 11 heteroatoms. The number of nitriles is 1. The summed E-state index contributed by atoms with van der Waals surface area (Å²) in [5.41, 5.74) is 6.42. The summed E-state index contributed by atoms with van der Waals surface area (Å²) in [6, 6.07) is 3.40. The van der Waals surface area contributed by atoms with Gasteiger partial charge in [0, 0.05) is 35.7 Å². The Labute approximate surface area is 200 Å². The van der Waals surface area contributed by atoms with Crippen LogP contribution in [0.15, 0.2) is 23.8 Å². The van der Waals surface area contributed by atoms with Crippen molar-refractivity contribution in [1.29, 1.82) is 5.26 Å². The second-order valence-electron chi connectivity index (χ2n) is 7.72. The molecule has 172 valence electrons. The molecule has 0 bridgehead atoms. The van der Waals surface area contributed by atoms with Crippen LogP contribution in [0.2, 0.25) is 0 Å². The molecule has 0 aliphatic carbocycles. The monoisotopic (exact) mass is 483 g/mol. The molecule has 1 saturated heterocycles. The zero-order valence-electron chi connectivity index (χ0n) is 18.3. The van der Waals surface area contributed by atoms with Crippen molar-refractivity contribution in [3.05, 3.63) is 40.0 Å². The third-order valence-electron chi connectivity index (χ3n) is 5.45. The lowest BCUT2D eigenvalue weighted by Gasteiger charge is -2.31. The highest BCUT2D eigenvalue weighted by Crippen LogP contribution is 2.28. The fourth-order valence-corrected chi connectivity index (χ4v) is 5.36. The topological polar surface area (TPSA) is 130 Å². The molecule has 0 radical (unpaired) electrons. The van der Waals surface area contributed by atoms with E-state index in [4.69, 9.17) is 10.5 Å². The molecule has 33 heavy (non-hydrogen) atoms. The van der Waals surface area contributed by atoms with Crippen LogP contribution in [-0.2, 0) is 6.54 Å². The average Bonchev–Trinajstić information content (AvgIpc) is 3.51. The van der Waals surface area contributed by atoms with Crippen LogP contribution >= 0.6 is 22.7 Å². The minimum absolute atomic E-state index is 0.0968. The largest absolute Gasteiger partial charge is 0.477 e. The quantitative estimate of drug-likeness (QED) is 0.500. The van der Waals surface area contributed by atoms with Crippen LogP contribution in [-0.4, -0.2) is 52.0 Å². The van der Waals surface area contributed by atoms with Crippen LogP contribution in [0.3, 0.4) is 0 Å². The number of rotatable bonds is 8. The number of anilines is 1. The third kappa shape index (κ3) is 5.65. The van der Waals surface area contributed by atoms with E-state index < -0.39 is 0 Å². The maximum absolute atomic E-state index is 12.6. The molecule has 3 aromatic heterocycles. The van der Waals surface area contributed by atoms with Crippen molar-refractivity contribution < 1.29 is 9.53 Å². The van der Waals surface area contributed by atoms with Gasteiger partial charge in [0.15, 0.2) is 10.0 Å². The first-order chi connectivity index (χ1) is 16.1. The van der Waals surface area contributed by atoms with Gasteiger partial charge in [-0.25, -0.2) is 15.0 Å². The molecule has 1 amide bonds. The Morgan fingerprint density at radius 1 is 1.36 bits per heavy atom. The highest BCUT2D eigenvalue weighted by molar-refractivity contribution is 7.20. The van der Waals surface area contributed by atoms with Gasteiger partial charge < -0.3 is 15.8 Å². The number of carbonyl (C=O) groups is 1. The van der Waals surface area contributed by atoms with Gasteiger partial charge in [0.05, 0.1) is 12.3 Å². The molecule has 3 aromatic rings. The Hall–Kier alpha value is -3.07. The first-order valence-corrected chi connectivity index (χ1v) is 12.5. The molecule has 4 rings (SSSR count). The number of hydrogen-bond acceptors (Lipinski definition) is 10. The number of aromatic nitrogens is 3. The van der Waals surface area contributed by atoms with Crippen LogP contribution in [0.1, 0.15) is 40.7 Å². The van der Waals surface area contributed by atoms with Crippen LogP contribution in [0.25, 0.3) is 10.0 Å². The van der Waals surface area contributed by atoms with Gasteiger partial charge in [-0.2, -0.15) is 5.26 Å². The Morgan fingerprint density at radius 2 is 2.18 bits per heavy atom. The summed E-state index contributed by atoms with van der Waals surface area (Å²) in [5.74, 6) is 0.188. The molecule has 1 aliphatic heterocycles. The summed E-state index contributed by atoms with van der Waals surface area (Å²) < 4.78 is 5.37. The predicted molar refractivity (Wildman–Crippen MR) is 128 cm³/mol. The van der Waals surface area contributed by atoms with Crippen LogP contribution in [0.4, 0.5) is 5.69 Å². The van der Waals surface area contributed by atoms with E-state index in [0.717, 1.165) is 42.5 Å². The molecule has 0 unspecified atom stereocenters. The van der Waals surface area contributed by atoms with E-state index >= 15 is 0 Å². The number of nitrogens with zero attached hydrogens (tertiary/aromatic N) is 5. The van der Waals surface area contributed by atoms with Crippen molar-refractivity contribution >= 4 is 34.3 Å². The zero-order valence-corrected chi connectivity index (χ0v) is 19.9. The predicted octanol–water partition coefficient (Wildman–Crippen LogP) is 3.16. The Kier molecular flexibility index (Phi) is 7.49. The number of ether oxygens (including phenoxy) is 1. The van der Waals surface area contributed by atoms with E-state index in [1.807, 2.05) is 17.6 Å². The first-order valence-electron chi connectivity index (χ1n) is 10.8. The van der Waals surface area contributed by atoms with Crippen LogP contribution in [0.5, 0.6) is 5.88 Å². The minimum Gasteiger partial charge on any atom is -0.477 e. The number of thiazole rings is 2. The highest BCUT2D eigenvalue weighted by atomic mass is 32.1. The van der Waals surface area contributed by atoms with E-state index in [2.05, 4.69) is 25.2 Å². The molecule has 1 aliphatic rings. The van der Waals surface area contributed by atoms with Crippen LogP contribution in [0, 0.1) is 17.2 Å². The molecule has 9 nitrogen and oxygen atoms in total. The van der Waals surface area contributed by atoms with Gasteiger partial charge in [-0.15, -0.1) is 22.7 Å². The zero-order chi connectivity index (χ0) is 23.2. The molecule has 3 N–H and O–H groups in total. The first kappa shape index (κ1) is 23.1. The average molecular weight is 484 g/mol. The third-order valence-corrected chi connectivity index (χ3v) is 7.35. The smallest absolute Gasteiger partial charge is 0.270 e. The summed E-state index contributed by atoms with van der Waals surface area (Å²) in [6.07, 6.45) is 5.76. The number of nitrogen functional groups attached to an aromatic ring is 1. The van der Waals surface area contributed by atoms with Gasteiger partial charge in [-0.1, -0.05) is 0 Å². The van der Waals surface area contributed by atoms with Crippen LogP contribution < -0.4 is 15.8 Å². The number of hydrogen-bond donors (Lipinski definition) is 2. The number of carbonyl (C=O) groups excluding carboxylic acids is 1. The summed E-state index contributed by atoms with van der Waals surface area (Å²) in [6.45, 7) is 5.53. The summed E-state index contributed by atoms with van der Waals surface area (Å²) in [4.78, 5) is 29.3. The molecule has 1 fully saturated rings. The van der Waals surface area contributed by atoms with Crippen molar-refractivity contribution in [2.75, 3.05) is 32.0 Å². The maximum Gasteiger partial charge on any atom is 0.270 e. The number of nitrogens with two attached hydrogens (primary N) is 1. The van der Waals surface area contributed by atoms with Gasteiger partial charge in [0.1, 0.15) is 17.3 Å². The lowest BCUT2D eigenvalue weighted by Crippen LogP contribution is -2.38. The Bertz CT molecular complexity index is 1130. The Morgan fingerprint density at radius 3 is 2.88 bits per heavy atom.